The molecule has 17 heavy (non-hydrogen) atoms. The van der Waals surface area contributed by atoms with Crippen molar-refractivity contribution in [2.45, 2.75) is 24.4 Å². The number of hydrogen-bond acceptors (Lipinski definition) is 4. The molecule has 0 aliphatic rings. The summed E-state index contributed by atoms with van der Waals surface area (Å²) in [7, 11) is -3.97. The van der Waals surface area contributed by atoms with Crippen molar-refractivity contribution in [3.63, 3.8) is 0 Å². The average Bonchev–Trinajstić information content (AvgIpc) is 2.27. The third-order valence-electron chi connectivity index (χ3n) is 2.15. The first-order valence-electron chi connectivity index (χ1n) is 5.03. The van der Waals surface area contributed by atoms with Crippen LogP contribution in [0.4, 0.5) is 4.39 Å². The molecule has 0 aliphatic heterocycles. The van der Waals surface area contributed by atoms with E-state index in [1.54, 1.807) is 12.1 Å². The van der Waals surface area contributed by atoms with E-state index in [1.165, 1.54) is 12.1 Å². The first-order chi connectivity index (χ1) is 7.77. The van der Waals surface area contributed by atoms with Gasteiger partial charge in [0.1, 0.15) is 6.61 Å². The Morgan fingerprint density at radius 1 is 1.35 bits per heavy atom. The van der Waals surface area contributed by atoms with Gasteiger partial charge in [-0.3, -0.25) is 4.18 Å². The van der Waals surface area contributed by atoms with Crippen LogP contribution in [0.5, 0.6) is 0 Å². The fraction of sp³-hybridized carbons (Fsp3) is 0.455. The van der Waals surface area contributed by atoms with Crippen molar-refractivity contribution < 1.29 is 22.1 Å². The van der Waals surface area contributed by atoms with Crippen LogP contribution in [0.15, 0.2) is 29.2 Å². The number of aliphatic hydroxyl groups is 1. The minimum Gasteiger partial charge on any atom is -0.393 e. The molecule has 96 valence electrons. The first-order valence-corrected chi connectivity index (χ1v) is 6.43. The van der Waals surface area contributed by atoms with Gasteiger partial charge in [-0.05, 0) is 26.0 Å². The minimum absolute atomic E-state index is 0.0307. The van der Waals surface area contributed by atoms with Gasteiger partial charge < -0.3 is 5.11 Å². The molecule has 1 atom stereocenters. The smallest absolute Gasteiger partial charge is 0.297 e. The van der Waals surface area contributed by atoms with E-state index < -0.39 is 29.0 Å². The molecule has 0 saturated carbocycles. The number of hydrogen-bond donors (Lipinski definition) is 1. The molecule has 1 N–H and O–H groups in total. The van der Waals surface area contributed by atoms with Crippen molar-refractivity contribution in [2.24, 2.45) is 0 Å². The van der Waals surface area contributed by atoms with Crippen LogP contribution < -0.4 is 0 Å². The Balaban J connectivity index is 2.79. The van der Waals surface area contributed by atoms with Gasteiger partial charge in [0, 0.05) is 0 Å². The highest BCUT2D eigenvalue weighted by atomic mass is 32.2. The van der Waals surface area contributed by atoms with E-state index >= 15 is 0 Å². The lowest BCUT2D eigenvalue weighted by Gasteiger charge is -2.16. The number of aryl methyl sites for hydroxylation is 1. The van der Waals surface area contributed by atoms with Gasteiger partial charge in [0.15, 0.2) is 5.67 Å². The van der Waals surface area contributed by atoms with Gasteiger partial charge in [-0.15, -0.1) is 0 Å². The minimum atomic E-state index is -3.97. The van der Waals surface area contributed by atoms with Crippen LogP contribution in [0.25, 0.3) is 0 Å². The number of rotatable bonds is 5. The topological polar surface area (TPSA) is 63.6 Å². The van der Waals surface area contributed by atoms with Crippen LogP contribution in [0.2, 0.25) is 0 Å². The van der Waals surface area contributed by atoms with Gasteiger partial charge in [0.05, 0.1) is 11.5 Å². The number of aliphatic hydroxyl groups excluding tert-OH is 1. The molecule has 0 fully saturated rings. The summed E-state index contributed by atoms with van der Waals surface area (Å²) in [4.78, 5) is -0.0307. The van der Waals surface area contributed by atoms with Gasteiger partial charge in [-0.1, -0.05) is 17.7 Å². The van der Waals surface area contributed by atoms with Crippen molar-refractivity contribution in [3.05, 3.63) is 29.8 Å². The van der Waals surface area contributed by atoms with Gasteiger partial charge in [-0.25, -0.2) is 4.39 Å². The van der Waals surface area contributed by atoms with Gasteiger partial charge in [-0.2, -0.15) is 8.42 Å². The summed E-state index contributed by atoms with van der Waals surface area (Å²) in [5.74, 6) is 0. The zero-order valence-electron chi connectivity index (χ0n) is 9.68. The molecule has 1 rings (SSSR count). The largest absolute Gasteiger partial charge is 0.393 e. The van der Waals surface area contributed by atoms with Crippen LogP contribution >= 0.6 is 0 Å². The quantitative estimate of drug-likeness (QED) is 0.815. The van der Waals surface area contributed by atoms with E-state index in [4.69, 9.17) is 5.11 Å². The number of halogens is 1. The molecule has 1 aromatic carbocycles. The summed E-state index contributed by atoms with van der Waals surface area (Å²) in [5, 5.41) is 8.65. The van der Waals surface area contributed by atoms with E-state index in [9.17, 15) is 12.8 Å². The predicted octanol–water partition coefficient (Wildman–Crippen LogP) is 1.42. The van der Waals surface area contributed by atoms with E-state index in [1.807, 2.05) is 6.92 Å². The highest BCUT2D eigenvalue weighted by Crippen LogP contribution is 2.17. The number of alkyl halides is 1. The van der Waals surface area contributed by atoms with Crippen molar-refractivity contribution in [2.75, 3.05) is 13.2 Å². The molecule has 0 saturated heterocycles. The van der Waals surface area contributed by atoms with Crippen LogP contribution in [0.1, 0.15) is 12.5 Å². The second kappa shape index (κ2) is 5.12. The SMILES string of the molecule is Cc1ccc(S(=O)(=O)OCC(C)(F)CO)cc1. The molecule has 6 heteroatoms. The van der Waals surface area contributed by atoms with Gasteiger partial charge in [0.2, 0.25) is 0 Å². The summed E-state index contributed by atoms with van der Waals surface area (Å²) in [6.45, 7) is 1.38. The summed E-state index contributed by atoms with van der Waals surface area (Å²) >= 11 is 0. The highest BCUT2D eigenvalue weighted by molar-refractivity contribution is 7.86. The normalized spacial score (nSPS) is 15.5. The molecule has 1 unspecified atom stereocenters. The maximum atomic E-state index is 13.3. The number of benzene rings is 1. The zero-order valence-corrected chi connectivity index (χ0v) is 10.5. The van der Waals surface area contributed by atoms with E-state index in [2.05, 4.69) is 4.18 Å². The Labute approximate surface area is 100 Å². The van der Waals surface area contributed by atoms with Gasteiger partial charge in [0.25, 0.3) is 10.1 Å². The predicted molar refractivity (Wildman–Crippen MR) is 60.9 cm³/mol. The third kappa shape index (κ3) is 4.07. The van der Waals surface area contributed by atoms with E-state index in [0.29, 0.717) is 0 Å². The van der Waals surface area contributed by atoms with Crippen LogP contribution in [-0.4, -0.2) is 32.4 Å². The van der Waals surface area contributed by atoms with Gasteiger partial charge >= 0.3 is 0 Å². The molecule has 0 spiro atoms. The maximum Gasteiger partial charge on any atom is 0.297 e. The van der Waals surface area contributed by atoms with Crippen molar-refractivity contribution in [3.8, 4) is 0 Å². The summed E-state index contributed by atoms with van der Waals surface area (Å²) in [6, 6.07) is 6.02. The fourth-order valence-electron chi connectivity index (χ4n) is 1.02. The molecule has 0 aliphatic carbocycles. The summed E-state index contributed by atoms with van der Waals surface area (Å²) in [6.07, 6.45) is 0. The lowest BCUT2D eigenvalue weighted by molar-refractivity contribution is 0.0431. The third-order valence-corrected chi connectivity index (χ3v) is 3.43. The molecular formula is C11H15FO4S. The maximum absolute atomic E-state index is 13.3. The molecule has 0 radical (unpaired) electrons. The summed E-state index contributed by atoms with van der Waals surface area (Å²) < 4.78 is 41.1. The first kappa shape index (κ1) is 14.1. The molecule has 0 heterocycles. The van der Waals surface area contributed by atoms with Crippen LogP contribution in [-0.2, 0) is 14.3 Å². The van der Waals surface area contributed by atoms with Crippen LogP contribution in [0.3, 0.4) is 0 Å². The Morgan fingerprint density at radius 2 is 1.88 bits per heavy atom. The van der Waals surface area contributed by atoms with E-state index in [-0.39, 0.29) is 4.90 Å². The Bertz CT molecular complexity index is 465. The Morgan fingerprint density at radius 3 is 2.35 bits per heavy atom. The fourth-order valence-corrected chi connectivity index (χ4v) is 2.03. The summed E-state index contributed by atoms with van der Waals surface area (Å²) in [5.41, 5.74) is -1.16. The standard InChI is InChI=1S/C11H15FO4S/c1-9-3-5-10(6-4-9)17(14,15)16-8-11(2,12)7-13/h3-6,13H,7-8H2,1-2H3. The lowest BCUT2D eigenvalue weighted by Crippen LogP contribution is -2.31. The molecule has 1 aromatic rings. The molecule has 4 nitrogen and oxygen atoms in total. The molecular weight excluding hydrogens is 247 g/mol. The highest BCUT2D eigenvalue weighted by Gasteiger charge is 2.26. The Kier molecular flexibility index (Phi) is 4.24. The van der Waals surface area contributed by atoms with Crippen molar-refractivity contribution >= 4 is 10.1 Å². The second-order valence-corrected chi connectivity index (χ2v) is 5.72. The second-order valence-electron chi connectivity index (χ2n) is 4.10. The monoisotopic (exact) mass is 262 g/mol. The van der Waals surface area contributed by atoms with Crippen LogP contribution in [0, 0.1) is 6.92 Å². The van der Waals surface area contributed by atoms with E-state index in [0.717, 1.165) is 12.5 Å². The van der Waals surface area contributed by atoms with Crippen molar-refractivity contribution in [1.29, 1.82) is 0 Å². The lowest BCUT2D eigenvalue weighted by atomic mass is 10.2. The molecule has 0 bridgehead atoms. The zero-order chi connectivity index (χ0) is 13.1. The Hall–Kier alpha value is -0.980. The average molecular weight is 262 g/mol. The van der Waals surface area contributed by atoms with Crippen molar-refractivity contribution in [1.82, 2.24) is 0 Å². The molecule has 0 amide bonds. The molecule has 0 aromatic heterocycles.